The highest BCUT2D eigenvalue weighted by Crippen LogP contribution is 2.42. The Morgan fingerprint density at radius 3 is 2.08 bits per heavy atom. The van der Waals surface area contributed by atoms with Gasteiger partial charge in [-0.05, 0) is 102 Å². The average Bonchev–Trinajstić information content (AvgIpc) is 1.72. The van der Waals surface area contributed by atoms with E-state index in [9.17, 15) is 50.6 Å². The number of rotatable bonds is 19. The minimum Gasteiger partial charge on any atom is -0.475 e. The Balaban J connectivity index is 0.000000753. The van der Waals surface area contributed by atoms with Crippen molar-refractivity contribution < 1.29 is 104 Å². The van der Waals surface area contributed by atoms with E-state index in [1.54, 1.807) is 33.9 Å². The van der Waals surface area contributed by atoms with Gasteiger partial charge in [0.15, 0.2) is 30.1 Å². The van der Waals surface area contributed by atoms with Crippen molar-refractivity contribution >= 4 is 35.8 Å². The third-order valence-electron chi connectivity index (χ3n) is 14.2. The largest absolute Gasteiger partial charge is 0.490 e. The number of piperazine rings is 1. The Hall–Kier alpha value is -6.53. The number of ether oxygens (including phenoxy) is 7. The number of carbonyl (C=O) groups is 6. The number of nitrogens with zero attached hydrogens (tertiary/aromatic N) is 3. The number of fused-ring (bicyclic) bond motifs is 2. The van der Waals surface area contributed by atoms with Crippen LogP contribution in [0.1, 0.15) is 102 Å². The monoisotopic (exact) mass is 1230 g/mol. The van der Waals surface area contributed by atoms with Gasteiger partial charge in [-0.3, -0.25) is 29.2 Å². The molecule has 0 saturated carbocycles. The number of amides is 3. The van der Waals surface area contributed by atoms with E-state index in [1.165, 1.54) is 0 Å². The molecule has 6 N–H and O–H groups in total. The van der Waals surface area contributed by atoms with Crippen LogP contribution in [0.4, 0.5) is 31.1 Å². The summed E-state index contributed by atoms with van der Waals surface area (Å²) in [5.41, 5.74) is 3.33. The van der Waals surface area contributed by atoms with Crippen LogP contribution in [0.5, 0.6) is 0 Å². The molecule has 1 aromatic heterocycles. The number of alkyl carbamates (subject to hydrolysis) is 1. The summed E-state index contributed by atoms with van der Waals surface area (Å²) >= 11 is 0. The molecule has 1 aliphatic carbocycles. The molecule has 22 nitrogen and oxygen atoms in total. The second-order valence-corrected chi connectivity index (χ2v) is 23.3. The highest BCUT2D eigenvalue weighted by atomic mass is 19.4. The molecule has 4 saturated heterocycles. The fourth-order valence-electron chi connectivity index (χ4n) is 10.4. The molecular weight excluding hydrogens is 1150 g/mol. The molecule has 0 radical (unpaired) electrons. The average molecular weight is 1230 g/mol. The summed E-state index contributed by atoms with van der Waals surface area (Å²) < 4.78 is 106. The molecule has 0 bridgehead atoms. The van der Waals surface area contributed by atoms with Gasteiger partial charge in [0.05, 0.1) is 18.8 Å². The van der Waals surface area contributed by atoms with E-state index in [0.717, 1.165) is 22.3 Å². The highest BCUT2D eigenvalue weighted by molar-refractivity contribution is 5.83. The van der Waals surface area contributed by atoms with E-state index in [2.05, 4.69) is 30.7 Å². The molecule has 2 unspecified atom stereocenters. The van der Waals surface area contributed by atoms with Gasteiger partial charge in [-0.1, -0.05) is 60.7 Å². The Morgan fingerprint density at radius 2 is 1.47 bits per heavy atom. The second-order valence-electron chi connectivity index (χ2n) is 23.3. The lowest BCUT2D eigenvalue weighted by atomic mass is 9.91. The lowest BCUT2D eigenvalue weighted by Gasteiger charge is -2.42. The molecule has 86 heavy (non-hydrogen) atoms. The number of pyridine rings is 1. The molecule has 5 aliphatic rings. The van der Waals surface area contributed by atoms with E-state index >= 15 is 0 Å². The van der Waals surface area contributed by atoms with Gasteiger partial charge in [-0.25, -0.2) is 14.4 Å². The number of benzene rings is 2. The molecule has 476 valence electrons. The third kappa shape index (κ3) is 20.8. The summed E-state index contributed by atoms with van der Waals surface area (Å²) in [7, 11) is 0. The first-order valence-electron chi connectivity index (χ1n) is 28.0. The van der Waals surface area contributed by atoms with E-state index in [1.807, 2.05) is 93.7 Å². The number of aliphatic carboxylic acids is 2. The van der Waals surface area contributed by atoms with Crippen molar-refractivity contribution in [3.8, 4) is 0 Å². The second kappa shape index (κ2) is 29.4. The first-order chi connectivity index (χ1) is 40.2. The van der Waals surface area contributed by atoms with Crippen LogP contribution in [-0.2, 0) is 76.5 Å². The predicted octanol–water partition coefficient (Wildman–Crippen LogP) is 5.98. The number of unbranched alkanes of at least 4 members (excludes halogenated alkanes) is 1. The van der Waals surface area contributed by atoms with Gasteiger partial charge in [0, 0.05) is 76.0 Å². The first kappa shape index (κ1) is 68.6. The van der Waals surface area contributed by atoms with Crippen molar-refractivity contribution in [3.63, 3.8) is 0 Å². The summed E-state index contributed by atoms with van der Waals surface area (Å²) in [6, 6.07) is 20.1. The summed E-state index contributed by atoms with van der Waals surface area (Å²) in [6.07, 6.45) is -10.5. The number of esters is 1. The van der Waals surface area contributed by atoms with Crippen LogP contribution in [0.25, 0.3) is 0 Å². The van der Waals surface area contributed by atoms with Gasteiger partial charge < -0.3 is 64.4 Å². The highest BCUT2D eigenvalue weighted by Gasteiger charge is 2.60. The van der Waals surface area contributed by atoms with Gasteiger partial charge in [0.25, 0.3) is 0 Å². The number of alkyl halides is 6. The number of halogens is 6. The normalized spacial score (nSPS) is 24.9. The zero-order valence-electron chi connectivity index (χ0n) is 48.7. The molecule has 5 heterocycles. The van der Waals surface area contributed by atoms with E-state index < -0.39 is 114 Å². The van der Waals surface area contributed by atoms with E-state index in [0.29, 0.717) is 51.9 Å². The van der Waals surface area contributed by atoms with E-state index in [4.69, 9.17) is 53.0 Å². The van der Waals surface area contributed by atoms with Gasteiger partial charge in [-0.15, -0.1) is 0 Å². The predicted molar refractivity (Wildman–Crippen MR) is 291 cm³/mol. The van der Waals surface area contributed by atoms with Gasteiger partial charge in [-0.2, -0.15) is 26.3 Å². The third-order valence-corrected chi connectivity index (χ3v) is 14.2. The zero-order chi connectivity index (χ0) is 63.4. The number of aromatic nitrogens is 1. The van der Waals surface area contributed by atoms with Crippen LogP contribution in [0.3, 0.4) is 0 Å². The van der Waals surface area contributed by atoms with Crippen LogP contribution in [-0.4, -0.2) is 184 Å². The van der Waals surface area contributed by atoms with Crippen molar-refractivity contribution in [3.05, 3.63) is 101 Å². The molecule has 0 spiro atoms. The Labute approximate surface area is 493 Å². The van der Waals surface area contributed by atoms with Gasteiger partial charge in [0.1, 0.15) is 24.4 Å². The summed E-state index contributed by atoms with van der Waals surface area (Å²) in [5, 5.41) is 34.6. The van der Waals surface area contributed by atoms with Crippen LogP contribution < -0.4 is 16.0 Å². The molecule has 2 aromatic carbocycles. The van der Waals surface area contributed by atoms with Crippen molar-refractivity contribution in [1.82, 2.24) is 30.7 Å². The molecule has 3 amide bonds. The maximum Gasteiger partial charge on any atom is 0.490 e. The quantitative estimate of drug-likeness (QED) is 0.0457. The number of hydrogen-bond acceptors (Lipinski definition) is 17. The van der Waals surface area contributed by atoms with Crippen molar-refractivity contribution in [2.75, 3.05) is 39.3 Å². The fraction of sp³-hybridized carbons (Fsp3) is 0.603. The Bertz CT molecular complexity index is 2730. The molecule has 8 rings (SSSR count). The minimum atomic E-state index is -5.08. The number of aliphatic hydroxyl groups is 1. The molecule has 10 atom stereocenters. The van der Waals surface area contributed by atoms with Crippen LogP contribution in [0.15, 0.2) is 79.1 Å². The van der Waals surface area contributed by atoms with Crippen molar-refractivity contribution in [2.24, 2.45) is 5.92 Å². The van der Waals surface area contributed by atoms with Crippen LogP contribution >= 0.6 is 0 Å². The fourth-order valence-corrected chi connectivity index (χ4v) is 10.4. The minimum absolute atomic E-state index is 0.0397. The van der Waals surface area contributed by atoms with Gasteiger partial charge >= 0.3 is 36.4 Å². The molecule has 4 fully saturated rings. The molecule has 4 aliphatic heterocycles. The molecule has 28 heteroatoms. The Morgan fingerprint density at radius 1 is 0.814 bits per heavy atom. The number of carboxylic acids is 2. The van der Waals surface area contributed by atoms with Crippen LogP contribution in [0.2, 0.25) is 0 Å². The maximum atomic E-state index is 14.6. The molecular formula is C58H76F6N6O16. The lowest BCUT2D eigenvalue weighted by molar-refractivity contribution is -0.232. The Kier molecular flexibility index (Phi) is 23.5. The number of aliphatic hydroxyl groups excluding tert-OH is 1. The first-order valence-corrected chi connectivity index (χ1v) is 28.0. The standard InChI is InChI=1S/C54H74N6O12.2C2HF3O2/c1-52(2,3)58-49(64)40-32-59(30-35-18-15-22-55-29-35)24-25-60(40)31-38(27-37(26-34-16-9-8-10-17-34)48(63)57-44-39-20-12-11-19-36(39)28-41(44)61)67-43(62)21-13-14-23-56-51(65)69-46-45(42-33-66-53(4,5)70-42)68-50-47(46)71-54(6,7)72-50;2*3-2(4,5)1(6)7/h8-12,15-20,22,29,37-38,40-42,44-47,50,61H,13-14,21,23-28,30-33H2,1-7H3,(H,56,65)(H,57,63)(H,58,64);2*(H,6,7)/t37-,38+,40+,41-,42?,44+,45-,46+,47+,50?;;/m1../s1. The summed E-state index contributed by atoms with van der Waals surface area (Å²) in [6.45, 7) is 15.8. The summed E-state index contributed by atoms with van der Waals surface area (Å²) in [5.74, 6) is -8.81. The number of carboxylic acid groups (broad SMARTS) is 2. The van der Waals surface area contributed by atoms with Crippen molar-refractivity contribution in [1.29, 1.82) is 0 Å². The number of hydrogen-bond donors (Lipinski definition) is 6. The number of nitrogens with one attached hydrogen (secondary N) is 3. The van der Waals surface area contributed by atoms with Crippen molar-refractivity contribution in [2.45, 2.75) is 178 Å². The molecule has 3 aromatic rings. The number of carbonyl (C=O) groups excluding carboxylic acids is 4. The zero-order valence-corrected chi connectivity index (χ0v) is 48.7. The lowest BCUT2D eigenvalue weighted by Crippen LogP contribution is -2.62. The smallest absolute Gasteiger partial charge is 0.475 e. The van der Waals surface area contributed by atoms with Crippen LogP contribution in [0, 0.1) is 5.92 Å². The van der Waals surface area contributed by atoms with Gasteiger partial charge in [0.2, 0.25) is 11.8 Å². The SMILES string of the molecule is CC(C)(C)NC(=O)[C@@H]1CN(Cc2cccnc2)CCN1C[C@H](C[C@@H](Cc1ccccc1)C(=O)N[C@H]1c2ccccc2C[C@H]1O)OC(=O)CCCCNC(=O)O[C@H]1[C@@H](C2COC(C)(C)O2)OC2OC(C)(C)O[C@H]21.O=C(O)C(F)(F)F.O=C(O)C(F)(F)F. The maximum absolute atomic E-state index is 14.6. The summed E-state index contributed by atoms with van der Waals surface area (Å²) in [4.78, 5) is 82.4. The topological polar surface area (TPSA) is 283 Å². The van der Waals surface area contributed by atoms with E-state index in [-0.39, 0.29) is 44.4 Å².